The molecule has 0 radical (unpaired) electrons. The van der Waals surface area contributed by atoms with E-state index in [-0.39, 0.29) is 10.8 Å². The Kier molecular flexibility index (Phi) is 15.4. The smallest absolute Gasteiger partial charge is 0.0630 e. The molecule has 0 bridgehead atoms. The Balaban J connectivity index is 3.30. The van der Waals surface area contributed by atoms with E-state index in [9.17, 15) is 0 Å². The van der Waals surface area contributed by atoms with E-state index in [0.29, 0.717) is 13.2 Å². The maximum absolute atomic E-state index is 6.22. The molecule has 0 rings (SSSR count). The number of alkyl halides is 2. The van der Waals surface area contributed by atoms with E-state index in [2.05, 4.69) is 13.8 Å². The molecule has 0 N–H and O–H groups in total. The normalized spacial score (nSPS) is 14.5. The molecule has 1 nitrogen and oxygen atoms in total. The number of rotatable bonds is 14. The van der Waals surface area contributed by atoms with Crippen molar-refractivity contribution in [3.63, 3.8) is 0 Å². The lowest BCUT2D eigenvalue weighted by molar-refractivity contribution is 0.130. The second kappa shape index (κ2) is 14.9. The Bertz CT molecular complexity index is 158. The largest absolute Gasteiger partial charge is 0.378 e. The van der Waals surface area contributed by atoms with E-state index in [0.717, 1.165) is 12.8 Å². The third-order valence-corrected chi connectivity index (χ3v) is 4.03. The summed E-state index contributed by atoms with van der Waals surface area (Å²) >= 11 is 12.4. The van der Waals surface area contributed by atoms with Crippen LogP contribution < -0.4 is 0 Å². The van der Waals surface area contributed by atoms with Crippen LogP contribution in [0.2, 0.25) is 0 Å². The number of hydrogen-bond acceptors (Lipinski definition) is 1. The van der Waals surface area contributed by atoms with Crippen molar-refractivity contribution in [2.45, 2.75) is 88.8 Å². The first-order valence-electron chi connectivity index (χ1n) is 8.06. The van der Waals surface area contributed by atoms with Crippen LogP contribution in [-0.2, 0) is 4.74 Å². The van der Waals surface area contributed by atoms with Gasteiger partial charge in [0.05, 0.1) is 24.0 Å². The van der Waals surface area contributed by atoms with Crippen LogP contribution in [0.1, 0.15) is 78.1 Å². The quantitative estimate of drug-likeness (QED) is 0.276. The van der Waals surface area contributed by atoms with E-state index in [4.69, 9.17) is 27.9 Å². The minimum atomic E-state index is 0.154. The molecule has 0 heterocycles. The van der Waals surface area contributed by atoms with Crippen LogP contribution in [0.3, 0.4) is 0 Å². The Morgan fingerprint density at radius 3 is 1.47 bits per heavy atom. The molecule has 0 aromatic rings. The van der Waals surface area contributed by atoms with Crippen LogP contribution in [-0.4, -0.2) is 24.0 Å². The summed E-state index contributed by atoms with van der Waals surface area (Å²) in [7, 11) is 0. The van der Waals surface area contributed by atoms with Gasteiger partial charge in [-0.15, -0.1) is 23.2 Å². The van der Waals surface area contributed by atoms with Crippen molar-refractivity contribution in [1.82, 2.24) is 0 Å². The lowest BCUT2D eigenvalue weighted by Gasteiger charge is -2.13. The van der Waals surface area contributed by atoms with E-state index in [1.54, 1.807) is 0 Å². The summed E-state index contributed by atoms with van der Waals surface area (Å²) < 4.78 is 5.61. The molecule has 0 saturated carbocycles. The van der Waals surface area contributed by atoms with Crippen molar-refractivity contribution >= 4 is 23.2 Å². The maximum atomic E-state index is 6.22. The molecule has 0 amide bonds. The highest BCUT2D eigenvalue weighted by molar-refractivity contribution is 6.21. The minimum Gasteiger partial charge on any atom is -0.378 e. The zero-order valence-electron chi connectivity index (χ0n) is 12.8. The van der Waals surface area contributed by atoms with Gasteiger partial charge in [-0.05, 0) is 12.8 Å². The standard InChI is InChI=1S/C16H32Cl2O/c1-3-5-7-9-11-15(17)13-19-14-16(18)12-10-8-6-4-2/h15-16H,3-14H2,1-2H3. The Hall–Kier alpha value is 0.540. The van der Waals surface area contributed by atoms with Crippen LogP contribution in [0.5, 0.6) is 0 Å². The maximum Gasteiger partial charge on any atom is 0.0630 e. The summed E-state index contributed by atoms with van der Waals surface area (Å²) in [6.07, 6.45) is 12.3. The molecular formula is C16H32Cl2O. The highest BCUT2D eigenvalue weighted by Gasteiger charge is 2.08. The van der Waals surface area contributed by atoms with Gasteiger partial charge in [0, 0.05) is 0 Å². The summed E-state index contributed by atoms with van der Waals surface area (Å²) in [5.41, 5.74) is 0. The van der Waals surface area contributed by atoms with Crippen LogP contribution in [0.25, 0.3) is 0 Å². The molecule has 0 aliphatic heterocycles. The molecule has 2 atom stereocenters. The predicted molar refractivity (Wildman–Crippen MR) is 87.6 cm³/mol. The van der Waals surface area contributed by atoms with Gasteiger partial charge in [-0.2, -0.15) is 0 Å². The van der Waals surface area contributed by atoms with Crippen LogP contribution in [0.15, 0.2) is 0 Å². The lowest BCUT2D eigenvalue weighted by atomic mass is 10.1. The average molecular weight is 311 g/mol. The van der Waals surface area contributed by atoms with Crippen molar-refractivity contribution in [1.29, 1.82) is 0 Å². The molecule has 0 aromatic heterocycles. The highest BCUT2D eigenvalue weighted by Crippen LogP contribution is 2.13. The molecule has 0 aliphatic carbocycles. The fraction of sp³-hybridized carbons (Fsp3) is 1.00. The van der Waals surface area contributed by atoms with Crippen molar-refractivity contribution in [2.24, 2.45) is 0 Å². The number of unbranched alkanes of at least 4 members (excludes halogenated alkanes) is 6. The van der Waals surface area contributed by atoms with Crippen LogP contribution in [0.4, 0.5) is 0 Å². The summed E-state index contributed by atoms with van der Waals surface area (Å²) in [4.78, 5) is 0. The fourth-order valence-corrected chi connectivity index (χ4v) is 2.56. The van der Waals surface area contributed by atoms with Gasteiger partial charge >= 0.3 is 0 Å². The first-order valence-corrected chi connectivity index (χ1v) is 8.93. The van der Waals surface area contributed by atoms with E-state index in [1.165, 1.54) is 51.4 Å². The fourth-order valence-electron chi connectivity index (χ4n) is 2.08. The number of halogens is 2. The summed E-state index contributed by atoms with van der Waals surface area (Å²) in [5, 5.41) is 0.307. The van der Waals surface area contributed by atoms with Gasteiger partial charge in [-0.25, -0.2) is 0 Å². The third kappa shape index (κ3) is 14.8. The van der Waals surface area contributed by atoms with Gasteiger partial charge in [0.25, 0.3) is 0 Å². The van der Waals surface area contributed by atoms with Gasteiger partial charge in [0.1, 0.15) is 0 Å². The minimum absolute atomic E-state index is 0.154. The molecule has 19 heavy (non-hydrogen) atoms. The van der Waals surface area contributed by atoms with Crippen LogP contribution >= 0.6 is 23.2 Å². The second-order valence-corrected chi connectivity index (χ2v) is 6.67. The average Bonchev–Trinajstić information content (AvgIpc) is 2.40. The van der Waals surface area contributed by atoms with Crippen molar-refractivity contribution < 1.29 is 4.74 Å². The lowest BCUT2D eigenvalue weighted by Crippen LogP contribution is -2.15. The van der Waals surface area contributed by atoms with Gasteiger partial charge in [-0.1, -0.05) is 65.2 Å². The molecule has 0 aliphatic rings. The van der Waals surface area contributed by atoms with Crippen molar-refractivity contribution in [3.8, 4) is 0 Å². The zero-order valence-corrected chi connectivity index (χ0v) is 14.3. The SMILES string of the molecule is CCCCCCC(Cl)COCC(Cl)CCCCCC. The molecule has 116 valence electrons. The molecule has 0 saturated heterocycles. The molecule has 0 spiro atoms. The van der Waals surface area contributed by atoms with Gasteiger partial charge < -0.3 is 4.74 Å². The van der Waals surface area contributed by atoms with E-state index < -0.39 is 0 Å². The molecular weight excluding hydrogens is 279 g/mol. The molecule has 0 aromatic carbocycles. The summed E-state index contributed by atoms with van der Waals surface area (Å²) in [6, 6.07) is 0. The highest BCUT2D eigenvalue weighted by atomic mass is 35.5. The summed E-state index contributed by atoms with van der Waals surface area (Å²) in [5.74, 6) is 0. The topological polar surface area (TPSA) is 9.23 Å². The monoisotopic (exact) mass is 310 g/mol. The van der Waals surface area contributed by atoms with Gasteiger partial charge in [0.15, 0.2) is 0 Å². The Morgan fingerprint density at radius 2 is 1.11 bits per heavy atom. The molecule has 2 unspecified atom stereocenters. The number of ether oxygens (including phenoxy) is 1. The Labute approximate surface area is 130 Å². The van der Waals surface area contributed by atoms with Crippen LogP contribution in [0, 0.1) is 0 Å². The van der Waals surface area contributed by atoms with Crippen molar-refractivity contribution in [3.05, 3.63) is 0 Å². The third-order valence-electron chi connectivity index (χ3n) is 3.34. The first kappa shape index (κ1) is 19.5. The Morgan fingerprint density at radius 1 is 0.684 bits per heavy atom. The summed E-state index contributed by atoms with van der Waals surface area (Å²) in [6.45, 7) is 5.74. The first-order chi connectivity index (χ1) is 9.20. The van der Waals surface area contributed by atoms with Gasteiger partial charge in [-0.3, -0.25) is 0 Å². The molecule has 3 heteroatoms. The van der Waals surface area contributed by atoms with Gasteiger partial charge in [0.2, 0.25) is 0 Å². The predicted octanol–water partition coefficient (Wildman–Crippen LogP) is 6.16. The van der Waals surface area contributed by atoms with E-state index >= 15 is 0 Å². The zero-order chi connectivity index (χ0) is 14.3. The molecule has 0 fully saturated rings. The number of hydrogen-bond donors (Lipinski definition) is 0. The second-order valence-electron chi connectivity index (χ2n) is 5.43. The van der Waals surface area contributed by atoms with Crippen molar-refractivity contribution in [2.75, 3.05) is 13.2 Å². The van der Waals surface area contributed by atoms with E-state index in [1.807, 2.05) is 0 Å².